The minimum absolute atomic E-state index is 0.0377. The molecule has 0 aromatic carbocycles. The lowest BCUT2D eigenvalue weighted by molar-refractivity contribution is -0.0784. The molecule has 112 valence electrons. The van der Waals surface area contributed by atoms with Gasteiger partial charge in [0.2, 0.25) is 0 Å². The van der Waals surface area contributed by atoms with Crippen LogP contribution in [-0.4, -0.2) is 29.6 Å². The Morgan fingerprint density at radius 2 is 1.95 bits per heavy atom. The summed E-state index contributed by atoms with van der Waals surface area (Å²) in [5.74, 6) is 1.84. The molecule has 1 amide bonds. The van der Waals surface area contributed by atoms with Gasteiger partial charge < -0.3 is 10.1 Å². The Bertz CT molecular complexity index is 508. The van der Waals surface area contributed by atoms with Gasteiger partial charge in [0, 0.05) is 42.4 Å². The van der Waals surface area contributed by atoms with Crippen LogP contribution < -0.4 is 5.32 Å². The molecule has 2 heterocycles. The predicted molar refractivity (Wildman–Crippen MR) is 78.8 cm³/mol. The van der Waals surface area contributed by atoms with E-state index in [1.165, 1.54) is 25.7 Å². The second kappa shape index (κ2) is 5.41. The van der Waals surface area contributed by atoms with Crippen molar-refractivity contribution >= 4 is 5.91 Å². The molecule has 1 N–H and O–H groups in total. The zero-order chi connectivity index (χ0) is 14.2. The Balaban J connectivity index is 1.48. The third-order valence-electron chi connectivity index (χ3n) is 5.62. The van der Waals surface area contributed by atoms with Crippen molar-refractivity contribution < 1.29 is 9.53 Å². The van der Waals surface area contributed by atoms with Gasteiger partial charge in [0.05, 0.1) is 6.10 Å². The highest BCUT2D eigenvalue weighted by Gasteiger charge is 2.56. The minimum atomic E-state index is 0.0377. The molecule has 1 saturated heterocycles. The number of rotatable bonds is 3. The monoisotopic (exact) mass is 286 g/mol. The molecule has 0 unspecified atom stereocenters. The summed E-state index contributed by atoms with van der Waals surface area (Å²) in [5, 5.41) is 3.28. The van der Waals surface area contributed by atoms with Crippen molar-refractivity contribution in [1.29, 1.82) is 0 Å². The van der Waals surface area contributed by atoms with Crippen molar-refractivity contribution in [2.75, 3.05) is 6.61 Å². The largest absolute Gasteiger partial charge is 0.377 e. The van der Waals surface area contributed by atoms with Gasteiger partial charge in [-0.05, 0) is 24.5 Å². The first kappa shape index (κ1) is 13.3. The van der Waals surface area contributed by atoms with Crippen LogP contribution in [0, 0.1) is 17.8 Å². The van der Waals surface area contributed by atoms with Gasteiger partial charge in [-0.1, -0.05) is 25.7 Å². The molecule has 4 atom stereocenters. The van der Waals surface area contributed by atoms with E-state index in [1.54, 1.807) is 24.5 Å². The molecule has 0 bridgehead atoms. The molecule has 4 rings (SSSR count). The SMILES string of the molecule is O=C(N[C@H]1[C@H]2CCO[C@H]2[C@H]1C1CCCC1)c1ccncc1. The Morgan fingerprint density at radius 1 is 1.19 bits per heavy atom. The summed E-state index contributed by atoms with van der Waals surface area (Å²) in [6.45, 7) is 0.861. The summed E-state index contributed by atoms with van der Waals surface area (Å²) in [6, 6.07) is 3.86. The smallest absolute Gasteiger partial charge is 0.251 e. The van der Waals surface area contributed by atoms with Crippen LogP contribution in [0.4, 0.5) is 0 Å². The lowest BCUT2D eigenvalue weighted by Gasteiger charge is -2.50. The maximum Gasteiger partial charge on any atom is 0.251 e. The van der Waals surface area contributed by atoms with Crippen molar-refractivity contribution in [3.63, 3.8) is 0 Å². The molecule has 21 heavy (non-hydrogen) atoms. The molecular formula is C17H22N2O2. The molecule has 4 nitrogen and oxygen atoms in total. The van der Waals surface area contributed by atoms with Gasteiger partial charge in [-0.25, -0.2) is 0 Å². The van der Waals surface area contributed by atoms with Crippen molar-refractivity contribution in [2.45, 2.75) is 44.2 Å². The second-order valence-corrected chi connectivity index (χ2v) is 6.64. The van der Waals surface area contributed by atoms with E-state index in [0.29, 0.717) is 29.5 Å². The highest BCUT2D eigenvalue weighted by atomic mass is 16.5. The Morgan fingerprint density at radius 3 is 2.71 bits per heavy atom. The lowest BCUT2D eigenvalue weighted by atomic mass is 9.61. The van der Waals surface area contributed by atoms with Crippen LogP contribution in [0.2, 0.25) is 0 Å². The Hall–Kier alpha value is -1.42. The number of pyridine rings is 1. The van der Waals surface area contributed by atoms with Gasteiger partial charge in [-0.3, -0.25) is 9.78 Å². The van der Waals surface area contributed by atoms with Crippen LogP contribution in [0.15, 0.2) is 24.5 Å². The topological polar surface area (TPSA) is 51.2 Å². The summed E-state index contributed by atoms with van der Waals surface area (Å²) in [4.78, 5) is 16.4. The van der Waals surface area contributed by atoms with Crippen molar-refractivity contribution in [3.05, 3.63) is 30.1 Å². The zero-order valence-corrected chi connectivity index (χ0v) is 12.2. The summed E-state index contributed by atoms with van der Waals surface area (Å²) in [6.07, 6.45) is 10.1. The molecule has 0 spiro atoms. The van der Waals surface area contributed by atoms with Gasteiger partial charge in [0.15, 0.2) is 0 Å². The molecule has 3 fully saturated rings. The van der Waals surface area contributed by atoms with E-state index in [9.17, 15) is 4.79 Å². The quantitative estimate of drug-likeness (QED) is 0.928. The van der Waals surface area contributed by atoms with E-state index in [4.69, 9.17) is 4.74 Å². The number of nitrogens with zero attached hydrogens (tertiary/aromatic N) is 1. The molecule has 4 heteroatoms. The number of carbonyl (C=O) groups is 1. The van der Waals surface area contributed by atoms with Gasteiger partial charge in [-0.2, -0.15) is 0 Å². The molecule has 3 aliphatic rings. The Labute approximate surface area is 125 Å². The first-order chi connectivity index (χ1) is 10.3. The van der Waals surface area contributed by atoms with Gasteiger partial charge >= 0.3 is 0 Å². The van der Waals surface area contributed by atoms with Crippen molar-refractivity contribution in [2.24, 2.45) is 17.8 Å². The molecule has 1 aromatic heterocycles. The highest BCUT2D eigenvalue weighted by Crippen LogP contribution is 2.51. The lowest BCUT2D eigenvalue weighted by Crippen LogP contribution is -2.63. The highest BCUT2D eigenvalue weighted by molar-refractivity contribution is 5.94. The number of nitrogens with one attached hydrogen (secondary N) is 1. The van der Waals surface area contributed by atoms with Crippen LogP contribution >= 0.6 is 0 Å². The molecule has 0 radical (unpaired) electrons. The van der Waals surface area contributed by atoms with Crippen LogP contribution in [0.1, 0.15) is 42.5 Å². The standard InChI is InChI=1S/C17H22N2O2/c20-17(12-5-8-18-9-6-12)19-15-13-7-10-21-16(13)14(15)11-3-1-2-4-11/h5-6,8-9,11,13-16H,1-4,7,10H2,(H,19,20)/t13-,14+,15+,16-/m1/s1. The summed E-state index contributed by atoms with van der Waals surface area (Å²) in [5.41, 5.74) is 0.706. The molecule has 1 aliphatic heterocycles. The summed E-state index contributed by atoms with van der Waals surface area (Å²) < 4.78 is 5.93. The third-order valence-corrected chi connectivity index (χ3v) is 5.62. The van der Waals surface area contributed by atoms with E-state index in [-0.39, 0.29) is 5.91 Å². The fraction of sp³-hybridized carbons (Fsp3) is 0.647. The first-order valence-corrected chi connectivity index (χ1v) is 8.17. The average Bonchev–Trinajstić information content (AvgIpc) is 3.16. The summed E-state index contributed by atoms with van der Waals surface area (Å²) >= 11 is 0. The number of fused-ring (bicyclic) bond motifs is 1. The van der Waals surface area contributed by atoms with Gasteiger partial charge in [0.1, 0.15) is 0 Å². The third kappa shape index (κ3) is 2.26. The molecular weight excluding hydrogens is 264 g/mol. The van der Waals surface area contributed by atoms with E-state index in [2.05, 4.69) is 10.3 Å². The normalized spacial score (nSPS) is 35.2. The number of carbonyl (C=O) groups excluding carboxylic acids is 1. The van der Waals surface area contributed by atoms with Crippen LogP contribution in [0.25, 0.3) is 0 Å². The molecule has 1 aromatic rings. The van der Waals surface area contributed by atoms with Gasteiger partial charge in [0.25, 0.3) is 5.91 Å². The van der Waals surface area contributed by atoms with Crippen molar-refractivity contribution in [3.8, 4) is 0 Å². The number of amides is 1. The number of hydrogen-bond donors (Lipinski definition) is 1. The van der Waals surface area contributed by atoms with E-state index in [0.717, 1.165) is 18.9 Å². The maximum absolute atomic E-state index is 12.4. The summed E-state index contributed by atoms with van der Waals surface area (Å²) in [7, 11) is 0. The van der Waals surface area contributed by atoms with Crippen LogP contribution in [0.3, 0.4) is 0 Å². The fourth-order valence-electron chi connectivity index (χ4n) is 4.60. The number of ether oxygens (including phenoxy) is 1. The minimum Gasteiger partial charge on any atom is -0.377 e. The van der Waals surface area contributed by atoms with Crippen LogP contribution in [0.5, 0.6) is 0 Å². The maximum atomic E-state index is 12.4. The van der Waals surface area contributed by atoms with E-state index in [1.807, 2.05) is 0 Å². The second-order valence-electron chi connectivity index (χ2n) is 6.64. The van der Waals surface area contributed by atoms with Gasteiger partial charge in [-0.15, -0.1) is 0 Å². The number of aromatic nitrogens is 1. The van der Waals surface area contributed by atoms with Crippen molar-refractivity contribution in [1.82, 2.24) is 10.3 Å². The number of hydrogen-bond acceptors (Lipinski definition) is 3. The molecule has 2 saturated carbocycles. The zero-order valence-electron chi connectivity index (χ0n) is 12.2. The van der Waals surface area contributed by atoms with E-state index < -0.39 is 0 Å². The average molecular weight is 286 g/mol. The van der Waals surface area contributed by atoms with Crippen LogP contribution in [-0.2, 0) is 4.74 Å². The molecule has 2 aliphatic carbocycles. The predicted octanol–water partition coefficient (Wildman–Crippen LogP) is 2.41. The Kier molecular flexibility index (Phi) is 3.42. The van der Waals surface area contributed by atoms with E-state index >= 15 is 0 Å². The first-order valence-electron chi connectivity index (χ1n) is 8.17. The fourth-order valence-corrected chi connectivity index (χ4v) is 4.60.